The molecular formula is C18H15NO4. The summed E-state index contributed by atoms with van der Waals surface area (Å²) in [4.78, 5) is 23.0. The molecular weight excluding hydrogens is 294 g/mol. The first-order chi connectivity index (χ1) is 11.1. The Morgan fingerprint density at radius 2 is 1.78 bits per heavy atom. The predicted molar refractivity (Wildman–Crippen MR) is 86.2 cm³/mol. The van der Waals surface area contributed by atoms with Crippen molar-refractivity contribution in [1.29, 1.82) is 0 Å². The van der Waals surface area contributed by atoms with Gasteiger partial charge < -0.3 is 4.42 Å². The van der Waals surface area contributed by atoms with Gasteiger partial charge in [0, 0.05) is 16.7 Å². The Balaban J connectivity index is 1.84. The van der Waals surface area contributed by atoms with E-state index in [4.69, 9.17) is 4.42 Å². The number of para-hydroxylation sites is 1. The smallest absolute Gasteiger partial charge is 0.211 e. The lowest BCUT2D eigenvalue weighted by molar-refractivity contribution is -0.483. The minimum absolute atomic E-state index is 0.0464. The fourth-order valence-electron chi connectivity index (χ4n) is 2.64. The predicted octanol–water partition coefficient (Wildman–Crippen LogP) is 4.07. The highest BCUT2D eigenvalue weighted by Gasteiger charge is 2.23. The summed E-state index contributed by atoms with van der Waals surface area (Å²) < 4.78 is 5.55. The van der Waals surface area contributed by atoms with Gasteiger partial charge in [-0.3, -0.25) is 14.9 Å². The number of carbonyl (C=O) groups excluding carboxylic acids is 1. The summed E-state index contributed by atoms with van der Waals surface area (Å²) >= 11 is 0. The van der Waals surface area contributed by atoms with E-state index in [9.17, 15) is 14.9 Å². The Morgan fingerprint density at radius 1 is 1.09 bits per heavy atom. The lowest BCUT2D eigenvalue weighted by atomic mass is 9.93. The number of carbonyl (C=O) groups is 1. The highest BCUT2D eigenvalue weighted by Crippen LogP contribution is 2.25. The summed E-state index contributed by atoms with van der Waals surface area (Å²) in [6.07, 6.45) is 0.0464. The van der Waals surface area contributed by atoms with Crippen LogP contribution in [0.15, 0.2) is 65.1 Å². The van der Waals surface area contributed by atoms with Crippen LogP contribution >= 0.6 is 0 Å². The SMILES string of the molecule is O=C(CC(C[N+](=O)[O-])c1ccccc1)c1cc2ccccc2o1. The van der Waals surface area contributed by atoms with Crippen LogP contribution in [0.2, 0.25) is 0 Å². The van der Waals surface area contributed by atoms with Crippen molar-refractivity contribution in [2.24, 2.45) is 0 Å². The molecule has 2 aromatic carbocycles. The summed E-state index contributed by atoms with van der Waals surface area (Å²) in [7, 11) is 0. The maximum Gasteiger partial charge on any atom is 0.211 e. The first-order valence-electron chi connectivity index (χ1n) is 7.32. The van der Waals surface area contributed by atoms with Crippen molar-refractivity contribution in [2.45, 2.75) is 12.3 Å². The van der Waals surface area contributed by atoms with Crippen molar-refractivity contribution in [1.82, 2.24) is 0 Å². The molecule has 0 aliphatic heterocycles. The first-order valence-corrected chi connectivity index (χ1v) is 7.32. The van der Waals surface area contributed by atoms with E-state index in [1.54, 1.807) is 24.3 Å². The summed E-state index contributed by atoms with van der Waals surface area (Å²) in [6, 6.07) is 18.1. The molecule has 116 valence electrons. The number of ketones is 1. The number of hydrogen-bond acceptors (Lipinski definition) is 4. The van der Waals surface area contributed by atoms with Crippen molar-refractivity contribution >= 4 is 16.8 Å². The highest BCUT2D eigenvalue weighted by molar-refractivity contribution is 5.97. The van der Waals surface area contributed by atoms with E-state index in [1.807, 2.05) is 36.4 Å². The number of nitro groups is 1. The Labute approximate surface area is 132 Å². The molecule has 23 heavy (non-hydrogen) atoms. The molecule has 1 heterocycles. The maximum absolute atomic E-state index is 12.5. The fourth-order valence-corrected chi connectivity index (χ4v) is 2.64. The van der Waals surface area contributed by atoms with Crippen LogP contribution in [0.4, 0.5) is 0 Å². The number of fused-ring (bicyclic) bond motifs is 1. The molecule has 1 aromatic heterocycles. The summed E-state index contributed by atoms with van der Waals surface area (Å²) in [5.74, 6) is -0.445. The molecule has 0 aliphatic carbocycles. The second-order valence-electron chi connectivity index (χ2n) is 5.40. The second-order valence-corrected chi connectivity index (χ2v) is 5.40. The molecule has 0 radical (unpaired) electrons. The molecule has 5 heteroatoms. The third-order valence-electron chi connectivity index (χ3n) is 3.77. The van der Waals surface area contributed by atoms with Crippen LogP contribution in [0, 0.1) is 10.1 Å². The minimum atomic E-state index is -0.466. The molecule has 3 rings (SSSR count). The van der Waals surface area contributed by atoms with Gasteiger partial charge in [0.15, 0.2) is 11.5 Å². The molecule has 0 aliphatic rings. The molecule has 0 spiro atoms. The van der Waals surface area contributed by atoms with Crippen LogP contribution in [-0.4, -0.2) is 17.3 Å². The quantitative estimate of drug-likeness (QED) is 0.391. The Hall–Kier alpha value is -2.95. The Kier molecular flexibility index (Phi) is 4.19. The van der Waals surface area contributed by atoms with Gasteiger partial charge in [-0.2, -0.15) is 0 Å². The highest BCUT2D eigenvalue weighted by atomic mass is 16.6. The van der Waals surface area contributed by atoms with Gasteiger partial charge in [0.05, 0.1) is 5.92 Å². The first kappa shape index (κ1) is 15.0. The molecule has 0 saturated carbocycles. The van der Waals surface area contributed by atoms with Crippen molar-refractivity contribution in [3.05, 3.63) is 82.1 Å². The van der Waals surface area contributed by atoms with Gasteiger partial charge in [-0.15, -0.1) is 0 Å². The van der Waals surface area contributed by atoms with Crippen LogP contribution in [0.3, 0.4) is 0 Å². The maximum atomic E-state index is 12.5. The van der Waals surface area contributed by atoms with E-state index in [1.165, 1.54) is 0 Å². The van der Waals surface area contributed by atoms with Crippen LogP contribution in [0.5, 0.6) is 0 Å². The summed E-state index contributed by atoms with van der Waals surface area (Å²) in [5.41, 5.74) is 1.43. The molecule has 1 unspecified atom stereocenters. The van der Waals surface area contributed by atoms with E-state index in [0.29, 0.717) is 5.58 Å². The standard InChI is InChI=1S/C18H15NO4/c20-16(18-11-14-8-4-5-9-17(14)23-18)10-15(12-19(21)22)13-6-2-1-3-7-13/h1-9,11,15H,10,12H2. The van der Waals surface area contributed by atoms with E-state index in [2.05, 4.69) is 0 Å². The zero-order chi connectivity index (χ0) is 16.2. The molecule has 3 aromatic rings. The fraction of sp³-hybridized carbons (Fsp3) is 0.167. The van der Waals surface area contributed by atoms with Crippen LogP contribution in [0.25, 0.3) is 11.0 Å². The van der Waals surface area contributed by atoms with Crippen LogP contribution in [-0.2, 0) is 0 Å². The van der Waals surface area contributed by atoms with E-state index >= 15 is 0 Å². The number of furan rings is 1. The van der Waals surface area contributed by atoms with Gasteiger partial charge in [-0.1, -0.05) is 48.5 Å². The average Bonchev–Trinajstić information content (AvgIpc) is 2.99. The number of nitrogens with zero attached hydrogens (tertiary/aromatic N) is 1. The monoisotopic (exact) mass is 309 g/mol. The number of hydrogen-bond donors (Lipinski definition) is 0. The topological polar surface area (TPSA) is 73.3 Å². The van der Waals surface area contributed by atoms with Crippen molar-refractivity contribution in [3.63, 3.8) is 0 Å². The van der Waals surface area contributed by atoms with Crippen molar-refractivity contribution in [3.8, 4) is 0 Å². The normalized spacial score (nSPS) is 12.2. The van der Waals surface area contributed by atoms with Crippen molar-refractivity contribution in [2.75, 3.05) is 6.54 Å². The van der Waals surface area contributed by atoms with Crippen molar-refractivity contribution < 1.29 is 14.1 Å². The Bertz CT molecular complexity index is 805. The van der Waals surface area contributed by atoms with E-state index in [-0.39, 0.29) is 29.4 Å². The largest absolute Gasteiger partial charge is 0.453 e. The molecule has 0 N–H and O–H groups in total. The lowest BCUT2D eigenvalue weighted by Gasteiger charge is -2.11. The zero-order valence-electron chi connectivity index (χ0n) is 12.3. The molecule has 0 amide bonds. The van der Waals surface area contributed by atoms with E-state index < -0.39 is 5.92 Å². The number of Topliss-reactive ketones (excluding diaryl/α,β-unsaturated/α-hetero) is 1. The number of benzene rings is 2. The average molecular weight is 309 g/mol. The molecule has 5 nitrogen and oxygen atoms in total. The van der Waals surface area contributed by atoms with Gasteiger partial charge in [0.2, 0.25) is 6.54 Å². The van der Waals surface area contributed by atoms with Gasteiger partial charge in [0.1, 0.15) is 5.58 Å². The molecule has 1 atom stereocenters. The summed E-state index contributed by atoms with van der Waals surface area (Å²) in [6.45, 7) is -0.282. The van der Waals surface area contributed by atoms with Gasteiger partial charge in [-0.25, -0.2) is 0 Å². The van der Waals surface area contributed by atoms with Gasteiger partial charge >= 0.3 is 0 Å². The second kappa shape index (κ2) is 6.44. The third-order valence-corrected chi connectivity index (χ3v) is 3.77. The van der Waals surface area contributed by atoms with Gasteiger partial charge in [0.25, 0.3) is 0 Å². The third kappa shape index (κ3) is 3.45. The lowest BCUT2D eigenvalue weighted by Crippen LogP contribution is -2.16. The minimum Gasteiger partial charge on any atom is -0.453 e. The Morgan fingerprint density at radius 3 is 2.48 bits per heavy atom. The molecule has 0 bridgehead atoms. The van der Waals surface area contributed by atoms with Gasteiger partial charge in [-0.05, 0) is 17.7 Å². The number of rotatable bonds is 6. The van der Waals surface area contributed by atoms with Crippen LogP contribution in [0.1, 0.15) is 28.5 Å². The summed E-state index contributed by atoms with van der Waals surface area (Å²) in [5, 5.41) is 11.8. The van der Waals surface area contributed by atoms with E-state index in [0.717, 1.165) is 10.9 Å². The zero-order valence-corrected chi connectivity index (χ0v) is 12.3. The molecule has 0 fully saturated rings. The molecule has 0 saturated heterocycles. The van der Waals surface area contributed by atoms with Crippen LogP contribution < -0.4 is 0 Å².